The number of hydrogen-bond acceptors (Lipinski definition) is 3. The Labute approximate surface area is 120 Å². The third-order valence-corrected chi connectivity index (χ3v) is 2.94. The van der Waals surface area contributed by atoms with Crippen molar-refractivity contribution in [1.82, 2.24) is 16.0 Å². The van der Waals surface area contributed by atoms with Crippen LogP contribution in [0.4, 0.5) is 4.79 Å². The fraction of sp³-hybridized carbons (Fsp3) is 0.467. The third kappa shape index (κ3) is 6.33. The molecule has 5 nitrogen and oxygen atoms in total. The summed E-state index contributed by atoms with van der Waals surface area (Å²) in [6.45, 7) is 4.71. The summed E-state index contributed by atoms with van der Waals surface area (Å²) in [6, 6.07) is 9.47. The van der Waals surface area contributed by atoms with E-state index in [4.69, 9.17) is 0 Å². The predicted molar refractivity (Wildman–Crippen MR) is 79.3 cm³/mol. The van der Waals surface area contributed by atoms with Crippen molar-refractivity contribution in [1.29, 1.82) is 0 Å². The second kappa shape index (κ2) is 9.09. The Morgan fingerprint density at radius 2 is 1.90 bits per heavy atom. The van der Waals surface area contributed by atoms with Crippen LogP contribution in [-0.4, -0.2) is 25.0 Å². The van der Waals surface area contributed by atoms with Gasteiger partial charge in [-0.05, 0) is 18.9 Å². The molecule has 0 saturated carbocycles. The number of hydrogen-bond donors (Lipinski definition) is 3. The number of rotatable bonds is 7. The van der Waals surface area contributed by atoms with E-state index in [0.29, 0.717) is 6.54 Å². The van der Waals surface area contributed by atoms with E-state index >= 15 is 0 Å². The van der Waals surface area contributed by atoms with Gasteiger partial charge >= 0.3 is 6.03 Å². The lowest BCUT2D eigenvalue weighted by atomic mass is 10.1. The van der Waals surface area contributed by atoms with Crippen molar-refractivity contribution in [3.63, 3.8) is 0 Å². The first-order chi connectivity index (χ1) is 9.63. The molecule has 0 unspecified atom stereocenters. The maximum absolute atomic E-state index is 11.6. The first-order valence-electron chi connectivity index (χ1n) is 6.99. The second-order valence-corrected chi connectivity index (χ2v) is 4.67. The minimum Gasteiger partial charge on any atom is -0.338 e. The van der Waals surface area contributed by atoms with E-state index in [2.05, 4.69) is 16.0 Å². The van der Waals surface area contributed by atoms with Crippen LogP contribution in [0.5, 0.6) is 0 Å². The van der Waals surface area contributed by atoms with Crippen LogP contribution in [0, 0.1) is 0 Å². The zero-order valence-corrected chi connectivity index (χ0v) is 12.1. The quantitative estimate of drug-likeness (QED) is 0.667. The van der Waals surface area contributed by atoms with Crippen LogP contribution in [0.3, 0.4) is 0 Å². The molecule has 0 aliphatic rings. The summed E-state index contributed by atoms with van der Waals surface area (Å²) in [5.41, 5.74) is 1.10. The highest BCUT2D eigenvalue weighted by Gasteiger charge is 2.09. The molecule has 0 radical (unpaired) electrons. The molecule has 0 aliphatic carbocycles. The first-order valence-corrected chi connectivity index (χ1v) is 6.99. The molecule has 0 heterocycles. The molecule has 1 aromatic carbocycles. The zero-order chi connectivity index (χ0) is 14.8. The Morgan fingerprint density at radius 3 is 2.55 bits per heavy atom. The smallest absolute Gasteiger partial charge is 0.321 e. The Bertz CT molecular complexity index is 420. The van der Waals surface area contributed by atoms with Gasteiger partial charge in [0, 0.05) is 12.6 Å². The van der Waals surface area contributed by atoms with E-state index in [1.807, 2.05) is 44.2 Å². The minimum atomic E-state index is -0.433. The van der Waals surface area contributed by atoms with Crippen LogP contribution in [0.2, 0.25) is 0 Å². The van der Waals surface area contributed by atoms with E-state index in [1.54, 1.807) is 0 Å². The molecule has 0 fully saturated rings. The first kappa shape index (κ1) is 16.2. The lowest BCUT2D eigenvalue weighted by molar-refractivity contribution is -0.119. The number of amides is 3. The molecule has 1 atom stereocenters. The van der Waals surface area contributed by atoms with Crippen LogP contribution in [0.25, 0.3) is 0 Å². The summed E-state index contributed by atoms with van der Waals surface area (Å²) in [7, 11) is 0. The van der Waals surface area contributed by atoms with Gasteiger partial charge in [0.05, 0.1) is 6.54 Å². The number of nitrogens with one attached hydrogen (secondary N) is 3. The molecule has 1 rings (SSSR count). The molecule has 0 aliphatic heterocycles. The fourth-order valence-corrected chi connectivity index (χ4v) is 1.70. The predicted octanol–water partition coefficient (Wildman–Crippen LogP) is 1.96. The molecule has 3 N–H and O–H groups in total. The number of carbonyl (C=O) groups is 2. The Balaban J connectivity index is 2.24. The van der Waals surface area contributed by atoms with Gasteiger partial charge in [-0.1, -0.05) is 43.7 Å². The third-order valence-electron chi connectivity index (χ3n) is 2.94. The number of benzene rings is 1. The standard InChI is InChI=1S/C15H23N3O2/c1-3-4-10-16-15(20)18-14(19)11-17-12(2)13-8-6-5-7-9-13/h5-9,12,17H,3-4,10-11H2,1-2H3,(H2,16,18,19,20)/t12-/m1/s1. The molecule has 0 aromatic heterocycles. The van der Waals surface area contributed by atoms with Crippen molar-refractivity contribution in [2.24, 2.45) is 0 Å². The van der Waals surface area contributed by atoms with Gasteiger partial charge in [0.15, 0.2) is 0 Å². The van der Waals surface area contributed by atoms with Gasteiger partial charge in [0.25, 0.3) is 0 Å². The van der Waals surface area contributed by atoms with Gasteiger partial charge in [-0.25, -0.2) is 4.79 Å². The fourth-order valence-electron chi connectivity index (χ4n) is 1.70. The summed E-state index contributed by atoms with van der Waals surface area (Å²) in [5.74, 6) is -0.332. The lowest BCUT2D eigenvalue weighted by Gasteiger charge is -2.13. The summed E-state index contributed by atoms with van der Waals surface area (Å²) < 4.78 is 0. The van der Waals surface area contributed by atoms with E-state index in [1.165, 1.54) is 0 Å². The molecule has 0 saturated heterocycles. The topological polar surface area (TPSA) is 70.2 Å². The number of unbranched alkanes of at least 4 members (excludes halogenated alkanes) is 1. The van der Waals surface area contributed by atoms with Gasteiger partial charge in [-0.15, -0.1) is 0 Å². The average molecular weight is 277 g/mol. The highest BCUT2D eigenvalue weighted by Crippen LogP contribution is 2.10. The highest BCUT2D eigenvalue weighted by atomic mass is 16.2. The summed E-state index contributed by atoms with van der Waals surface area (Å²) in [4.78, 5) is 23.0. The van der Waals surface area contributed by atoms with Crippen molar-refractivity contribution in [3.05, 3.63) is 35.9 Å². The van der Waals surface area contributed by atoms with Crippen LogP contribution >= 0.6 is 0 Å². The number of urea groups is 1. The van der Waals surface area contributed by atoms with E-state index in [-0.39, 0.29) is 18.5 Å². The van der Waals surface area contributed by atoms with Crippen molar-refractivity contribution in [2.75, 3.05) is 13.1 Å². The van der Waals surface area contributed by atoms with Gasteiger partial charge in [-0.3, -0.25) is 10.1 Å². The Kier molecular flexibility index (Phi) is 7.35. The molecule has 1 aromatic rings. The molecular formula is C15H23N3O2. The molecule has 0 spiro atoms. The van der Waals surface area contributed by atoms with Crippen molar-refractivity contribution in [3.8, 4) is 0 Å². The Hall–Kier alpha value is -1.88. The number of carbonyl (C=O) groups excluding carboxylic acids is 2. The van der Waals surface area contributed by atoms with Crippen LogP contribution in [0.1, 0.15) is 38.3 Å². The molecule has 5 heteroatoms. The van der Waals surface area contributed by atoms with Crippen molar-refractivity contribution >= 4 is 11.9 Å². The lowest BCUT2D eigenvalue weighted by Crippen LogP contribution is -2.44. The molecule has 3 amide bonds. The summed E-state index contributed by atoms with van der Waals surface area (Å²) in [5, 5.41) is 8.01. The molecule has 20 heavy (non-hydrogen) atoms. The van der Waals surface area contributed by atoms with Crippen LogP contribution in [0.15, 0.2) is 30.3 Å². The Morgan fingerprint density at radius 1 is 1.20 bits per heavy atom. The second-order valence-electron chi connectivity index (χ2n) is 4.67. The molecule has 0 bridgehead atoms. The average Bonchev–Trinajstić information content (AvgIpc) is 2.46. The highest BCUT2D eigenvalue weighted by molar-refractivity contribution is 5.95. The summed E-state index contributed by atoms with van der Waals surface area (Å²) in [6.07, 6.45) is 1.91. The van der Waals surface area contributed by atoms with Crippen molar-refractivity contribution < 1.29 is 9.59 Å². The molecular weight excluding hydrogens is 254 g/mol. The van der Waals surface area contributed by atoms with E-state index < -0.39 is 6.03 Å². The van der Waals surface area contributed by atoms with Gasteiger partial charge < -0.3 is 10.6 Å². The van der Waals surface area contributed by atoms with Crippen molar-refractivity contribution in [2.45, 2.75) is 32.7 Å². The SMILES string of the molecule is CCCCNC(=O)NC(=O)CN[C@H](C)c1ccccc1. The normalized spacial score (nSPS) is 11.7. The monoisotopic (exact) mass is 277 g/mol. The van der Waals surface area contributed by atoms with Gasteiger partial charge in [0.1, 0.15) is 0 Å². The minimum absolute atomic E-state index is 0.0603. The van der Waals surface area contributed by atoms with Crippen LogP contribution < -0.4 is 16.0 Å². The molecule has 110 valence electrons. The van der Waals surface area contributed by atoms with E-state index in [0.717, 1.165) is 18.4 Å². The number of imide groups is 1. The van der Waals surface area contributed by atoms with E-state index in [9.17, 15) is 9.59 Å². The zero-order valence-electron chi connectivity index (χ0n) is 12.1. The maximum atomic E-state index is 11.6. The van der Waals surface area contributed by atoms with Gasteiger partial charge in [0.2, 0.25) is 5.91 Å². The van der Waals surface area contributed by atoms with Crippen LogP contribution in [-0.2, 0) is 4.79 Å². The summed E-state index contributed by atoms with van der Waals surface area (Å²) >= 11 is 0. The maximum Gasteiger partial charge on any atom is 0.321 e. The largest absolute Gasteiger partial charge is 0.338 e. The van der Waals surface area contributed by atoms with Gasteiger partial charge in [-0.2, -0.15) is 0 Å².